The predicted octanol–water partition coefficient (Wildman–Crippen LogP) is 3.85. The fourth-order valence-electron chi connectivity index (χ4n) is 1.72. The lowest BCUT2D eigenvalue weighted by atomic mass is 10.1. The lowest BCUT2D eigenvalue weighted by Gasteiger charge is -2.11. The number of carboxylic acids is 1. The molecule has 0 radical (unpaired) electrons. The average molecular weight is 281 g/mol. The van der Waals surface area contributed by atoms with Crippen molar-refractivity contribution in [1.82, 2.24) is 0 Å². The summed E-state index contributed by atoms with van der Waals surface area (Å²) in [5.41, 5.74) is 0.402. The molecule has 0 saturated carbocycles. The van der Waals surface area contributed by atoms with Gasteiger partial charge in [-0.15, -0.1) is 0 Å². The molecule has 2 N–H and O–H groups in total. The summed E-state index contributed by atoms with van der Waals surface area (Å²) in [6, 6.07) is 6.16. The average Bonchev–Trinajstić information content (AvgIpc) is 2.39. The van der Waals surface area contributed by atoms with Gasteiger partial charge in [0.2, 0.25) is 0 Å². The summed E-state index contributed by atoms with van der Waals surface area (Å²) in [6.07, 6.45) is 0. The number of benzene rings is 2. The maximum absolute atomic E-state index is 13.6. The molecule has 0 atom stereocenters. The second-order valence-corrected chi connectivity index (χ2v) is 4.20. The van der Waals surface area contributed by atoms with Gasteiger partial charge in [0.15, 0.2) is 17.5 Å². The van der Waals surface area contributed by atoms with Crippen LogP contribution in [0, 0.1) is 24.4 Å². The number of aromatic carboxylic acids is 1. The van der Waals surface area contributed by atoms with Crippen LogP contribution in [0.2, 0.25) is 0 Å². The van der Waals surface area contributed by atoms with Crippen LogP contribution < -0.4 is 5.32 Å². The van der Waals surface area contributed by atoms with Crippen LogP contribution in [0.15, 0.2) is 30.3 Å². The number of anilines is 2. The topological polar surface area (TPSA) is 49.3 Å². The van der Waals surface area contributed by atoms with E-state index in [4.69, 9.17) is 5.11 Å². The molecule has 2 aromatic rings. The van der Waals surface area contributed by atoms with Crippen molar-refractivity contribution in [3.63, 3.8) is 0 Å². The lowest BCUT2D eigenvalue weighted by molar-refractivity contribution is 0.0698. The van der Waals surface area contributed by atoms with Crippen molar-refractivity contribution in [3.8, 4) is 0 Å². The number of hydrogen-bond acceptors (Lipinski definition) is 2. The lowest BCUT2D eigenvalue weighted by Crippen LogP contribution is -2.05. The summed E-state index contributed by atoms with van der Waals surface area (Å²) in [5.74, 6) is -5.53. The molecular formula is C14H10F3NO2. The van der Waals surface area contributed by atoms with Crippen LogP contribution in [0.25, 0.3) is 0 Å². The van der Waals surface area contributed by atoms with Gasteiger partial charge in [0, 0.05) is 0 Å². The van der Waals surface area contributed by atoms with Crippen LogP contribution in [-0.4, -0.2) is 11.1 Å². The van der Waals surface area contributed by atoms with Crippen molar-refractivity contribution in [2.24, 2.45) is 0 Å². The second kappa shape index (κ2) is 5.24. The zero-order valence-electron chi connectivity index (χ0n) is 10.4. The molecule has 3 nitrogen and oxygen atoms in total. The number of rotatable bonds is 3. The standard InChI is InChI=1S/C14H10F3NO2/c1-7-2-3-8(14(19)20)11(6-7)18-10-5-4-9(15)12(16)13(10)17/h2-6,18H,1H3,(H,19,20). The molecule has 0 bridgehead atoms. The molecule has 0 aliphatic rings. The molecule has 0 heterocycles. The maximum atomic E-state index is 13.6. The zero-order chi connectivity index (χ0) is 14.9. The molecule has 0 fully saturated rings. The first-order valence-electron chi connectivity index (χ1n) is 5.64. The normalized spacial score (nSPS) is 10.4. The summed E-state index contributed by atoms with van der Waals surface area (Å²) in [7, 11) is 0. The second-order valence-electron chi connectivity index (χ2n) is 4.20. The Balaban J connectivity index is 2.47. The Bertz CT molecular complexity index is 686. The van der Waals surface area contributed by atoms with Crippen LogP contribution in [0.5, 0.6) is 0 Å². The minimum Gasteiger partial charge on any atom is -0.478 e. The first-order valence-corrected chi connectivity index (χ1v) is 5.64. The fraction of sp³-hybridized carbons (Fsp3) is 0.0714. The van der Waals surface area contributed by atoms with Gasteiger partial charge < -0.3 is 10.4 Å². The van der Waals surface area contributed by atoms with Gasteiger partial charge >= 0.3 is 5.97 Å². The summed E-state index contributed by atoms with van der Waals surface area (Å²) >= 11 is 0. The molecule has 0 spiro atoms. The van der Waals surface area contributed by atoms with Crippen LogP contribution in [0.4, 0.5) is 24.5 Å². The highest BCUT2D eigenvalue weighted by molar-refractivity contribution is 5.95. The molecule has 6 heteroatoms. The number of nitrogens with one attached hydrogen (secondary N) is 1. The van der Waals surface area contributed by atoms with E-state index < -0.39 is 23.4 Å². The van der Waals surface area contributed by atoms with Crippen molar-refractivity contribution in [1.29, 1.82) is 0 Å². The molecule has 0 aliphatic carbocycles. The van der Waals surface area contributed by atoms with E-state index in [2.05, 4.69) is 5.32 Å². The molecule has 2 aromatic carbocycles. The van der Waals surface area contributed by atoms with E-state index >= 15 is 0 Å². The van der Waals surface area contributed by atoms with Gasteiger partial charge in [-0.25, -0.2) is 18.0 Å². The summed E-state index contributed by atoms with van der Waals surface area (Å²) in [5, 5.41) is 11.5. The van der Waals surface area contributed by atoms with E-state index in [0.29, 0.717) is 0 Å². The fourth-order valence-corrected chi connectivity index (χ4v) is 1.72. The molecule has 2 rings (SSSR count). The summed E-state index contributed by atoms with van der Waals surface area (Å²) in [6.45, 7) is 1.72. The van der Waals surface area contributed by atoms with E-state index in [-0.39, 0.29) is 16.9 Å². The van der Waals surface area contributed by atoms with Gasteiger partial charge in [-0.05, 0) is 36.8 Å². The van der Waals surface area contributed by atoms with Gasteiger partial charge in [-0.3, -0.25) is 0 Å². The predicted molar refractivity (Wildman–Crippen MR) is 67.7 cm³/mol. The van der Waals surface area contributed by atoms with E-state index in [1.165, 1.54) is 12.1 Å². The van der Waals surface area contributed by atoms with E-state index in [9.17, 15) is 18.0 Å². The van der Waals surface area contributed by atoms with Gasteiger partial charge in [-0.2, -0.15) is 0 Å². The molecule has 0 saturated heterocycles. The van der Waals surface area contributed by atoms with Crippen LogP contribution in [0.1, 0.15) is 15.9 Å². The van der Waals surface area contributed by atoms with Gasteiger partial charge in [0.25, 0.3) is 0 Å². The van der Waals surface area contributed by atoms with Gasteiger partial charge in [-0.1, -0.05) is 6.07 Å². The monoisotopic (exact) mass is 281 g/mol. The third-order valence-electron chi connectivity index (χ3n) is 2.71. The Morgan fingerprint density at radius 2 is 1.75 bits per heavy atom. The van der Waals surface area contributed by atoms with Crippen molar-refractivity contribution in [3.05, 3.63) is 58.9 Å². The summed E-state index contributed by atoms with van der Waals surface area (Å²) < 4.78 is 39.5. The highest BCUT2D eigenvalue weighted by Crippen LogP contribution is 2.26. The zero-order valence-corrected chi connectivity index (χ0v) is 10.4. The Labute approximate surface area is 112 Å². The SMILES string of the molecule is Cc1ccc(C(=O)O)c(Nc2ccc(F)c(F)c2F)c1. The third-order valence-corrected chi connectivity index (χ3v) is 2.71. The maximum Gasteiger partial charge on any atom is 0.337 e. The number of aryl methyl sites for hydroxylation is 1. The minimum atomic E-state index is -1.61. The van der Waals surface area contributed by atoms with E-state index in [1.807, 2.05) is 0 Å². The number of carboxylic acid groups (broad SMARTS) is 1. The summed E-state index contributed by atoms with van der Waals surface area (Å²) in [4.78, 5) is 11.1. The van der Waals surface area contributed by atoms with E-state index in [1.54, 1.807) is 13.0 Å². The van der Waals surface area contributed by atoms with Crippen LogP contribution >= 0.6 is 0 Å². The Hall–Kier alpha value is -2.50. The molecule has 20 heavy (non-hydrogen) atoms. The van der Waals surface area contributed by atoms with Crippen molar-refractivity contribution in [2.75, 3.05) is 5.32 Å². The Morgan fingerprint density at radius 1 is 1.05 bits per heavy atom. The van der Waals surface area contributed by atoms with Gasteiger partial charge in [0.05, 0.1) is 16.9 Å². The van der Waals surface area contributed by atoms with Crippen LogP contribution in [-0.2, 0) is 0 Å². The molecule has 0 unspecified atom stereocenters. The molecule has 0 aliphatic heterocycles. The van der Waals surface area contributed by atoms with Crippen LogP contribution in [0.3, 0.4) is 0 Å². The highest BCUT2D eigenvalue weighted by Gasteiger charge is 2.16. The Morgan fingerprint density at radius 3 is 2.40 bits per heavy atom. The largest absolute Gasteiger partial charge is 0.478 e. The highest BCUT2D eigenvalue weighted by atomic mass is 19.2. The van der Waals surface area contributed by atoms with Crippen molar-refractivity contribution in [2.45, 2.75) is 6.92 Å². The molecule has 0 amide bonds. The smallest absolute Gasteiger partial charge is 0.337 e. The molecule has 104 valence electrons. The molecule has 0 aromatic heterocycles. The first-order chi connectivity index (χ1) is 9.40. The number of hydrogen-bond donors (Lipinski definition) is 2. The van der Waals surface area contributed by atoms with Crippen molar-refractivity contribution >= 4 is 17.3 Å². The third kappa shape index (κ3) is 2.59. The number of halogens is 3. The first kappa shape index (κ1) is 13.9. The van der Waals surface area contributed by atoms with Crippen molar-refractivity contribution < 1.29 is 23.1 Å². The number of carbonyl (C=O) groups is 1. The minimum absolute atomic E-state index is 0.0975. The van der Waals surface area contributed by atoms with E-state index in [0.717, 1.165) is 17.7 Å². The molecular weight excluding hydrogens is 271 g/mol. The quantitative estimate of drug-likeness (QED) is 0.840. The van der Waals surface area contributed by atoms with Gasteiger partial charge in [0.1, 0.15) is 0 Å². The Kier molecular flexibility index (Phi) is 3.65.